The Bertz CT molecular complexity index is 486. The first-order valence-electron chi connectivity index (χ1n) is 7.33. The number of rotatable bonds is 4. The molecule has 0 radical (unpaired) electrons. The van der Waals surface area contributed by atoms with E-state index in [1.54, 1.807) is 24.3 Å². The maximum Gasteiger partial charge on any atom is 0.0598 e. The third-order valence-corrected chi connectivity index (χ3v) is 1.86. The Morgan fingerprint density at radius 2 is 2.36 bits per heavy atom. The Morgan fingerprint density at radius 1 is 1.64 bits per heavy atom. The molecule has 0 N–H and O–H groups in total. The van der Waals surface area contributed by atoms with Gasteiger partial charge in [-0.15, -0.1) is 6.42 Å². The SMILES string of the molecule is [2H]C([2H])([2H])N(C([2H])([2H])C#C)[C@]([2H])(C)Cc1ccccc1. The lowest BCUT2D eigenvalue weighted by Gasteiger charge is -2.22. The van der Waals surface area contributed by atoms with Gasteiger partial charge in [-0.2, -0.15) is 0 Å². The highest BCUT2D eigenvalue weighted by atomic mass is 15.1. The summed E-state index contributed by atoms with van der Waals surface area (Å²) in [6.45, 7) is -3.99. The average Bonchev–Trinajstić information content (AvgIpc) is 2.26. The normalized spacial score (nSPS) is 22.9. The van der Waals surface area contributed by atoms with Crippen molar-refractivity contribution in [3.63, 3.8) is 0 Å². The van der Waals surface area contributed by atoms with E-state index in [0.717, 1.165) is 5.56 Å². The van der Waals surface area contributed by atoms with E-state index in [2.05, 4.69) is 0 Å². The van der Waals surface area contributed by atoms with E-state index in [-0.39, 0.29) is 6.42 Å². The van der Waals surface area contributed by atoms with Crippen LogP contribution in [0.4, 0.5) is 0 Å². The standard InChI is InChI=1S/C13H17N/c1-4-10-14(3)12(2)11-13-8-6-5-7-9-13/h1,5-9,12H,10-11H2,2-3H3/t12-/m1/s1/i3D3,10D2,12D. The van der Waals surface area contributed by atoms with Gasteiger partial charge < -0.3 is 0 Å². The van der Waals surface area contributed by atoms with E-state index in [1.165, 1.54) is 6.92 Å². The molecule has 1 aromatic rings. The van der Waals surface area contributed by atoms with Crippen LogP contribution in [0.3, 0.4) is 0 Å². The molecule has 1 rings (SSSR count). The van der Waals surface area contributed by atoms with E-state index in [0.29, 0.717) is 4.90 Å². The van der Waals surface area contributed by atoms with Crippen molar-refractivity contribution < 1.29 is 8.22 Å². The highest BCUT2D eigenvalue weighted by Gasteiger charge is 2.07. The molecule has 0 fully saturated rings. The first kappa shape index (κ1) is 5.00. The smallest absolute Gasteiger partial charge is 0.0598 e. The molecule has 74 valence electrons. The van der Waals surface area contributed by atoms with Crippen molar-refractivity contribution in [2.45, 2.75) is 19.4 Å². The summed E-state index contributed by atoms with van der Waals surface area (Å²) in [7, 11) is 0. The number of nitrogens with zero attached hydrogens (tertiary/aromatic N) is 1. The zero-order valence-corrected chi connectivity index (χ0v) is 8.12. The van der Waals surface area contributed by atoms with E-state index >= 15 is 0 Å². The van der Waals surface area contributed by atoms with Crippen LogP contribution in [-0.2, 0) is 6.42 Å². The molecular formula is C13H17N. The molecule has 1 atom stereocenters. The third kappa shape index (κ3) is 3.24. The molecular weight excluding hydrogens is 170 g/mol. The predicted molar refractivity (Wildman–Crippen MR) is 61.1 cm³/mol. The fourth-order valence-electron chi connectivity index (χ4n) is 1.13. The van der Waals surface area contributed by atoms with Gasteiger partial charge in [0, 0.05) is 11.5 Å². The summed E-state index contributed by atoms with van der Waals surface area (Å²) in [5.74, 6) is 1.82. The van der Waals surface area contributed by atoms with Crippen molar-refractivity contribution in [1.82, 2.24) is 4.90 Å². The molecule has 0 heterocycles. The Hall–Kier alpha value is -1.26. The molecule has 0 saturated heterocycles. The van der Waals surface area contributed by atoms with Crippen molar-refractivity contribution in [3.8, 4) is 12.3 Å². The van der Waals surface area contributed by atoms with Crippen molar-refractivity contribution in [2.75, 3.05) is 13.5 Å². The van der Waals surface area contributed by atoms with Crippen LogP contribution in [0, 0.1) is 12.3 Å². The first-order valence-corrected chi connectivity index (χ1v) is 4.33. The quantitative estimate of drug-likeness (QED) is 0.663. The van der Waals surface area contributed by atoms with Crippen LogP contribution < -0.4 is 0 Å². The lowest BCUT2D eigenvalue weighted by molar-refractivity contribution is 0.287. The van der Waals surface area contributed by atoms with Crippen LogP contribution in [0.1, 0.15) is 20.7 Å². The molecule has 0 bridgehead atoms. The Kier molecular flexibility index (Phi) is 1.95. The number of benzene rings is 1. The van der Waals surface area contributed by atoms with E-state index in [1.807, 2.05) is 12.0 Å². The molecule has 0 aliphatic rings. The fourth-order valence-corrected chi connectivity index (χ4v) is 1.13. The van der Waals surface area contributed by atoms with Gasteiger partial charge in [-0.25, -0.2) is 0 Å². The summed E-state index contributed by atoms with van der Waals surface area (Å²) in [5.41, 5.74) is 0.743. The molecule has 0 amide bonds. The summed E-state index contributed by atoms with van der Waals surface area (Å²) in [6, 6.07) is 7.18. The molecule has 1 nitrogen and oxygen atoms in total. The summed E-state index contributed by atoms with van der Waals surface area (Å²) in [4.78, 5) is 0.458. The van der Waals surface area contributed by atoms with Gasteiger partial charge in [-0.05, 0) is 25.9 Å². The maximum absolute atomic E-state index is 8.27. The summed E-state index contributed by atoms with van der Waals surface area (Å²) in [5, 5.41) is 0. The highest BCUT2D eigenvalue weighted by Crippen LogP contribution is 2.06. The van der Waals surface area contributed by atoms with Crippen LogP contribution in [-0.4, -0.2) is 24.4 Å². The molecule has 0 spiro atoms. The van der Waals surface area contributed by atoms with Crippen LogP contribution in [0.5, 0.6) is 0 Å². The van der Waals surface area contributed by atoms with Gasteiger partial charge in [0.1, 0.15) is 0 Å². The topological polar surface area (TPSA) is 3.24 Å². The van der Waals surface area contributed by atoms with Crippen LogP contribution >= 0.6 is 0 Å². The molecule has 0 unspecified atom stereocenters. The summed E-state index contributed by atoms with van der Waals surface area (Å²) in [6.07, 6.45) is 5.14. The van der Waals surface area contributed by atoms with Crippen LogP contribution in [0.15, 0.2) is 30.3 Å². The Labute approximate surface area is 95.2 Å². The largest absolute Gasteiger partial charge is 0.292 e. The molecule has 14 heavy (non-hydrogen) atoms. The second-order valence-electron chi connectivity index (χ2n) is 2.99. The third-order valence-electron chi connectivity index (χ3n) is 1.86. The zero-order valence-electron chi connectivity index (χ0n) is 14.1. The number of terminal acetylenes is 1. The molecule has 0 aromatic heterocycles. The van der Waals surface area contributed by atoms with Gasteiger partial charge in [-0.1, -0.05) is 36.3 Å². The lowest BCUT2D eigenvalue weighted by atomic mass is 10.1. The van der Waals surface area contributed by atoms with Crippen molar-refractivity contribution in [2.24, 2.45) is 0 Å². The Balaban J connectivity index is 3.16. The van der Waals surface area contributed by atoms with Gasteiger partial charge in [-0.3, -0.25) is 4.90 Å². The number of hydrogen-bond donors (Lipinski definition) is 0. The van der Waals surface area contributed by atoms with Gasteiger partial charge in [0.25, 0.3) is 0 Å². The maximum atomic E-state index is 8.27. The summed E-state index contributed by atoms with van der Waals surface area (Å²) >= 11 is 0. The zero-order chi connectivity index (χ0) is 15.6. The van der Waals surface area contributed by atoms with Crippen molar-refractivity contribution >= 4 is 0 Å². The van der Waals surface area contributed by atoms with Gasteiger partial charge >= 0.3 is 0 Å². The molecule has 0 aliphatic carbocycles. The molecule has 1 aromatic carbocycles. The van der Waals surface area contributed by atoms with Crippen LogP contribution in [0.25, 0.3) is 0 Å². The summed E-state index contributed by atoms with van der Waals surface area (Å²) < 4.78 is 46.1. The van der Waals surface area contributed by atoms with Gasteiger partial charge in [0.05, 0.1) is 9.24 Å². The second-order valence-corrected chi connectivity index (χ2v) is 2.99. The van der Waals surface area contributed by atoms with Crippen molar-refractivity contribution in [1.29, 1.82) is 0 Å². The average molecular weight is 193 g/mol. The van der Waals surface area contributed by atoms with E-state index in [9.17, 15) is 0 Å². The second kappa shape index (κ2) is 5.47. The molecule has 1 heteroatoms. The van der Waals surface area contributed by atoms with Crippen LogP contribution in [0.2, 0.25) is 0 Å². The minimum absolute atomic E-state index is 0.0490. The predicted octanol–water partition coefficient (Wildman–Crippen LogP) is 2.18. The Morgan fingerprint density at radius 3 is 2.93 bits per heavy atom. The lowest BCUT2D eigenvalue weighted by Crippen LogP contribution is -2.31. The number of hydrogen-bond acceptors (Lipinski definition) is 1. The monoisotopic (exact) mass is 193 g/mol. The van der Waals surface area contributed by atoms with Gasteiger partial charge in [0.15, 0.2) is 0 Å². The number of likely N-dealkylation sites (N-methyl/N-ethyl adjacent to an activating group) is 1. The van der Waals surface area contributed by atoms with Crippen molar-refractivity contribution in [3.05, 3.63) is 35.9 Å². The molecule has 0 aliphatic heterocycles. The fraction of sp³-hybridized carbons (Fsp3) is 0.385. The minimum Gasteiger partial charge on any atom is -0.292 e. The van der Waals surface area contributed by atoms with E-state index < -0.39 is 19.5 Å². The van der Waals surface area contributed by atoms with E-state index in [4.69, 9.17) is 14.6 Å². The highest BCUT2D eigenvalue weighted by molar-refractivity contribution is 5.15. The molecule has 0 saturated carbocycles. The first-order chi connectivity index (χ1) is 9.00. The van der Waals surface area contributed by atoms with Gasteiger partial charge in [0.2, 0.25) is 0 Å². The minimum atomic E-state index is -2.80.